The number of anilines is 1. The molecular weight excluding hydrogens is 362 g/mol. The van der Waals surface area contributed by atoms with Crippen molar-refractivity contribution in [3.63, 3.8) is 0 Å². The minimum atomic E-state index is 0.167. The number of aryl methyl sites for hydroxylation is 1. The zero-order valence-electron chi connectivity index (χ0n) is 18.9. The maximum atomic E-state index is 6.12. The van der Waals surface area contributed by atoms with Crippen molar-refractivity contribution in [3.05, 3.63) is 23.9 Å². The molecule has 3 heterocycles. The van der Waals surface area contributed by atoms with Crippen LogP contribution in [0.25, 0.3) is 0 Å². The second-order valence-corrected chi connectivity index (χ2v) is 9.56. The van der Waals surface area contributed by atoms with E-state index in [4.69, 9.17) is 4.74 Å². The number of nitrogens with one attached hydrogen (secondary N) is 2. The molecular formula is C23H39N5O. The predicted octanol–water partition coefficient (Wildman–Crippen LogP) is 3.37. The van der Waals surface area contributed by atoms with Crippen molar-refractivity contribution in [2.75, 3.05) is 38.2 Å². The van der Waals surface area contributed by atoms with Crippen LogP contribution in [0.3, 0.4) is 0 Å². The van der Waals surface area contributed by atoms with Gasteiger partial charge in [0, 0.05) is 50.9 Å². The monoisotopic (exact) mass is 401 g/mol. The van der Waals surface area contributed by atoms with Gasteiger partial charge in [-0.25, -0.2) is 4.98 Å². The van der Waals surface area contributed by atoms with E-state index in [0.29, 0.717) is 18.1 Å². The van der Waals surface area contributed by atoms with Gasteiger partial charge in [-0.3, -0.25) is 4.99 Å². The minimum absolute atomic E-state index is 0.167. The molecule has 2 unspecified atom stereocenters. The van der Waals surface area contributed by atoms with E-state index in [2.05, 4.69) is 71.4 Å². The molecule has 2 N–H and O–H groups in total. The molecule has 0 bridgehead atoms. The number of pyridine rings is 1. The molecule has 0 amide bonds. The van der Waals surface area contributed by atoms with Crippen molar-refractivity contribution in [1.82, 2.24) is 15.6 Å². The first kappa shape index (κ1) is 21.9. The Hall–Kier alpha value is -1.82. The van der Waals surface area contributed by atoms with Gasteiger partial charge in [-0.1, -0.05) is 26.8 Å². The van der Waals surface area contributed by atoms with Crippen molar-refractivity contribution in [1.29, 1.82) is 0 Å². The zero-order valence-corrected chi connectivity index (χ0v) is 18.9. The highest BCUT2D eigenvalue weighted by Crippen LogP contribution is 2.33. The van der Waals surface area contributed by atoms with Crippen LogP contribution in [0.2, 0.25) is 0 Å². The molecule has 0 spiro atoms. The Kier molecular flexibility index (Phi) is 7.38. The average molecular weight is 402 g/mol. The number of guanidine groups is 1. The summed E-state index contributed by atoms with van der Waals surface area (Å²) in [7, 11) is 1.86. The topological polar surface area (TPSA) is 61.8 Å². The number of ether oxygens (including phenoxy) is 1. The summed E-state index contributed by atoms with van der Waals surface area (Å²) in [6.45, 7) is 12.7. The molecule has 2 saturated heterocycles. The van der Waals surface area contributed by atoms with Crippen LogP contribution in [0.1, 0.15) is 52.1 Å². The minimum Gasteiger partial charge on any atom is -0.377 e. The summed E-state index contributed by atoms with van der Waals surface area (Å²) in [6, 6.07) is 6.70. The molecule has 0 saturated carbocycles. The number of hydrogen-bond acceptors (Lipinski definition) is 4. The quantitative estimate of drug-likeness (QED) is 0.598. The number of hydrogen-bond donors (Lipinski definition) is 2. The zero-order chi connectivity index (χ0) is 20.9. The van der Waals surface area contributed by atoms with Crippen LogP contribution in [0.4, 0.5) is 5.82 Å². The van der Waals surface area contributed by atoms with Gasteiger partial charge in [0.2, 0.25) is 0 Å². The number of piperidine rings is 1. The molecule has 162 valence electrons. The second kappa shape index (κ2) is 9.79. The van der Waals surface area contributed by atoms with Gasteiger partial charge >= 0.3 is 0 Å². The number of rotatable bonds is 4. The molecule has 0 radical (unpaired) electrons. The lowest BCUT2D eigenvalue weighted by atomic mass is 9.78. The third kappa shape index (κ3) is 6.08. The van der Waals surface area contributed by atoms with Crippen molar-refractivity contribution < 1.29 is 4.74 Å². The van der Waals surface area contributed by atoms with Gasteiger partial charge in [-0.15, -0.1) is 0 Å². The smallest absolute Gasteiger partial charge is 0.191 e. The van der Waals surface area contributed by atoms with Gasteiger partial charge in [-0.2, -0.15) is 0 Å². The molecule has 2 aliphatic heterocycles. The molecule has 2 atom stereocenters. The van der Waals surface area contributed by atoms with Gasteiger partial charge in [0.15, 0.2) is 5.96 Å². The Morgan fingerprint density at radius 1 is 1.24 bits per heavy atom. The molecule has 1 aromatic rings. The first-order chi connectivity index (χ1) is 13.9. The molecule has 2 fully saturated rings. The van der Waals surface area contributed by atoms with Gasteiger partial charge in [0.05, 0.1) is 6.10 Å². The van der Waals surface area contributed by atoms with Crippen LogP contribution in [0.5, 0.6) is 0 Å². The average Bonchev–Trinajstić information content (AvgIpc) is 2.71. The summed E-state index contributed by atoms with van der Waals surface area (Å²) in [5, 5.41) is 7.20. The van der Waals surface area contributed by atoms with Gasteiger partial charge in [0.1, 0.15) is 5.82 Å². The Morgan fingerprint density at radius 2 is 2.00 bits per heavy atom. The maximum Gasteiger partial charge on any atom is 0.191 e. The van der Waals surface area contributed by atoms with Crippen LogP contribution < -0.4 is 15.5 Å². The lowest BCUT2D eigenvalue weighted by Gasteiger charge is -2.40. The van der Waals surface area contributed by atoms with E-state index in [-0.39, 0.29) is 5.41 Å². The highest BCUT2D eigenvalue weighted by molar-refractivity contribution is 5.80. The van der Waals surface area contributed by atoms with Gasteiger partial charge < -0.3 is 20.3 Å². The van der Waals surface area contributed by atoms with Crippen LogP contribution in [0.15, 0.2) is 23.2 Å². The van der Waals surface area contributed by atoms with E-state index in [1.54, 1.807) is 0 Å². The van der Waals surface area contributed by atoms with Crippen molar-refractivity contribution in [3.8, 4) is 0 Å². The standard InChI is InChI=1S/C23H39N5O/c1-17-8-6-10-20(26-17)28-13-11-19(12-14-28)27-22(24-5)25-16-18-9-7-15-29-21(18)23(2,3)4/h6,8,10,18-19,21H,7,9,11-16H2,1-5H3,(H2,24,25,27). The third-order valence-electron chi connectivity index (χ3n) is 6.09. The fraction of sp³-hybridized carbons (Fsp3) is 0.739. The Morgan fingerprint density at radius 3 is 2.66 bits per heavy atom. The summed E-state index contributed by atoms with van der Waals surface area (Å²) < 4.78 is 6.12. The fourth-order valence-corrected chi connectivity index (χ4v) is 4.58. The predicted molar refractivity (Wildman–Crippen MR) is 121 cm³/mol. The fourth-order valence-electron chi connectivity index (χ4n) is 4.58. The summed E-state index contributed by atoms with van der Waals surface area (Å²) in [4.78, 5) is 11.5. The summed E-state index contributed by atoms with van der Waals surface area (Å²) in [6.07, 6.45) is 4.84. The maximum absolute atomic E-state index is 6.12. The van der Waals surface area contributed by atoms with Crippen LogP contribution in [0, 0.1) is 18.3 Å². The molecule has 2 aliphatic rings. The molecule has 29 heavy (non-hydrogen) atoms. The third-order valence-corrected chi connectivity index (χ3v) is 6.09. The molecule has 6 nitrogen and oxygen atoms in total. The van der Waals surface area contributed by atoms with Crippen molar-refractivity contribution >= 4 is 11.8 Å². The Bertz CT molecular complexity index is 676. The molecule has 0 aromatic carbocycles. The summed E-state index contributed by atoms with van der Waals surface area (Å²) in [5.41, 5.74) is 1.24. The van der Waals surface area contributed by atoms with Crippen LogP contribution in [-0.2, 0) is 4.74 Å². The Labute approximate surface area is 176 Å². The van der Waals surface area contributed by atoms with Gasteiger partial charge in [0.25, 0.3) is 0 Å². The molecule has 0 aliphatic carbocycles. The number of aliphatic imine (C=N–C) groups is 1. The van der Waals surface area contributed by atoms with Crippen LogP contribution >= 0.6 is 0 Å². The van der Waals surface area contributed by atoms with E-state index >= 15 is 0 Å². The van der Waals surface area contributed by atoms with E-state index in [9.17, 15) is 0 Å². The molecule has 3 rings (SSSR count). The van der Waals surface area contributed by atoms with E-state index in [1.165, 1.54) is 6.42 Å². The van der Waals surface area contributed by atoms with Gasteiger partial charge in [-0.05, 0) is 50.2 Å². The second-order valence-electron chi connectivity index (χ2n) is 9.56. The summed E-state index contributed by atoms with van der Waals surface area (Å²) in [5.74, 6) is 2.53. The highest BCUT2D eigenvalue weighted by atomic mass is 16.5. The lowest BCUT2D eigenvalue weighted by molar-refractivity contribution is -0.0835. The number of aromatic nitrogens is 1. The highest BCUT2D eigenvalue weighted by Gasteiger charge is 2.35. The van der Waals surface area contributed by atoms with E-state index in [1.807, 2.05) is 7.05 Å². The van der Waals surface area contributed by atoms with Crippen molar-refractivity contribution in [2.24, 2.45) is 16.3 Å². The SMILES string of the molecule is CN=C(NCC1CCCOC1C(C)(C)C)NC1CCN(c2cccc(C)n2)CC1. The Balaban J connectivity index is 1.47. The van der Waals surface area contributed by atoms with Crippen molar-refractivity contribution in [2.45, 2.75) is 65.5 Å². The normalized spacial score (nSPS) is 24.4. The molecule has 6 heteroatoms. The first-order valence-electron chi connectivity index (χ1n) is 11.1. The first-order valence-corrected chi connectivity index (χ1v) is 11.1. The summed E-state index contributed by atoms with van der Waals surface area (Å²) >= 11 is 0. The lowest BCUT2D eigenvalue weighted by Crippen LogP contribution is -2.51. The molecule has 1 aromatic heterocycles. The van der Waals surface area contributed by atoms with E-state index in [0.717, 1.165) is 63.0 Å². The largest absolute Gasteiger partial charge is 0.377 e. The number of nitrogens with zero attached hydrogens (tertiary/aromatic N) is 3. The van der Waals surface area contributed by atoms with Crippen LogP contribution in [-0.4, -0.2) is 56.4 Å². The van der Waals surface area contributed by atoms with E-state index < -0.39 is 0 Å².